The lowest BCUT2D eigenvalue weighted by Gasteiger charge is -2.08. The number of carbonyl (C=O) groups is 1. The number of amides is 1. The molecule has 0 spiro atoms. The molecule has 0 aliphatic heterocycles. The second kappa shape index (κ2) is 8.64. The van der Waals surface area contributed by atoms with Crippen molar-refractivity contribution in [3.8, 4) is 17.6 Å². The molecule has 1 aromatic rings. The fourth-order valence-electron chi connectivity index (χ4n) is 1.72. The lowest BCUT2D eigenvalue weighted by molar-refractivity contribution is -0.117. The molecule has 1 N–H and O–H groups in total. The SMILES string of the molecule is CCCCNC(=O)/C(C#N)=C\c1ccc(OC)cc1OC. The van der Waals surface area contributed by atoms with Crippen LogP contribution in [0.25, 0.3) is 6.08 Å². The van der Waals surface area contributed by atoms with E-state index in [1.165, 1.54) is 13.2 Å². The van der Waals surface area contributed by atoms with Gasteiger partial charge < -0.3 is 14.8 Å². The van der Waals surface area contributed by atoms with Gasteiger partial charge in [-0.3, -0.25) is 4.79 Å². The van der Waals surface area contributed by atoms with Gasteiger partial charge in [-0.2, -0.15) is 5.26 Å². The molecule has 0 aromatic heterocycles. The largest absolute Gasteiger partial charge is 0.497 e. The van der Waals surface area contributed by atoms with E-state index in [1.807, 2.05) is 13.0 Å². The molecule has 0 atom stereocenters. The van der Waals surface area contributed by atoms with Crippen molar-refractivity contribution < 1.29 is 14.3 Å². The van der Waals surface area contributed by atoms with Crippen LogP contribution in [0.1, 0.15) is 25.3 Å². The Bertz CT molecular complexity index is 559. The van der Waals surface area contributed by atoms with Gasteiger partial charge in [-0.25, -0.2) is 0 Å². The third kappa shape index (κ3) is 4.84. The molecule has 0 aliphatic rings. The third-order valence-electron chi connectivity index (χ3n) is 2.92. The maximum atomic E-state index is 11.9. The number of nitrogens with zero attached hydrogens (tertiary/aromatic N) is 1. The summed E-state index contributed by atoms with van der Waals surface area (Å²) in [5.41, 5.74) is 0.704. The zero-order valence-electron chi connectivity index (χ0n) is 12.6. The Hall–Kier alpha value is -2.48. The normalized spacial score (nSPS) is 10.7. The number of rotatable bonds is 7. The van der Waals surface area contributed by atoms with E-state index in [0.29, 0.717) is 23.6 Å². The number of carbonyl (C=O) groups excluding carboxylic acids is 1. The van der Waals surface area contributed by atoms with Gasteiger partial charge in [-0.1, -0.05) is 13.3 Å². The van der Waals surface area contributed by atoms with E-state index >= 15 is 0 Å². The number of nitrogens with one attached hydrogen (secondary N) is 1. The molecule has 1 aromatic carbocycles. The minimum atomic E-state index is -0.371. The monoisotopic (exact) mass is 288 g/mol. The summed E-state index contributed by atoms with van der Waals surface area (Å²) in [6.45, 7) is 2.60. The van der Waals surface area contributed by atoms with E-state index in [4.69, 9.17) is 14.7 Å². The Kier molecular flexibility index (Phi) is 6.82. The van der Waals surface area contributed by atoms with Crippen molar-refractivity contribution in [1.29, 1.82) is 5.26 Å². The van der Waals surface area contributed by atoms with Gasteiger partial charge in [0.05, 0.1) is 14.2 Å². The lowest BCUT2D eigenvalue weighted by Crippen LogP contribution is -2.25. The van der Waals surface area contributed by atoms with E-state index < -0.39 is 0 Å². The van der Waals surface area contributed by atoms with Crippen LogP contribution < -0.4 is 14.8 Å². The predicted octanol–water partition coefficient (Wildman–Crippen LogP) is 2.53. The summed E-state index contributed by atoms with van der Waals surface area (Å²) in [6, 6.07) is 7.12. The van der Waals surface area contributed by atoms with E-state index in [0.717, 1.165) is 12.8 Å². The molecule has 5 heteroatoms. The van der Waals surface area contributed by atoms with Crippen LogP contribution in [0.15, 0.2) is 23.8 Å². The van der Waals surface area contributed by atoms with Crippen LogP contribution in [0.3, 0.4) is 0 Å². The van der Waals surface area contributed by atoms with Crippen molar-refractivity contribution in [1.82, 2.24) is 5.32 Å². The van der Waals surface area contributed by atoms with Gasteiger partial charge in [-0.15, -0.1) is 0 Å². The molecule has 5 nitrogen and oxygen atoms in total. The average Bonchev–Trinajstić information content (AvgIpc) is 2.52. The topological polar surface area (TPSA) is 71.4 Å². The number of methoxy groups -OCH3 is 2. The minimum Gasteiger partial charge on any atom is -0.497 e. The molecule has 0 heterocycles. The smallest absolute Gasteiger partial charge is 0.261 e. The zero-order valence-corrected chi connectivity index (χ0v) is 12.6. The highest BCUT2D eigenvalue weighted by atomic mass is 16.5. The van der Waals surface area contributed by atoms with Crippen LogP contribution in [0.4, 0.5) is 0 Å². The van der Waals surface area contributed by atoms with E-state index in [9.17, 15) is 4.79 Å². The number of unbranched alkanes of at least 4 members (excludes halogenated alkanes) is 1. The maximum absolute atomic E-state index is 11.9. The van der Waals surface area contributed by atoms with Crippen LogP contribution in [0.5, 0.6) is 11.5 Å². The van der Waals surface area contributed by atoms with Gasteiger partial charge in [0.15, 0.2) is 0 Å². The van der Waals surface area contributed by atoms with E-state index in [-0.39, 0.29) is 11.5 Å². The average molecular weight is 288 g/mol. The Morgan fingerprint density at radius 3 is 2.71 bits per heavy atom. The standard InChI is InChI=1S/C16H20N2O3/c1-4-5-8-18-16(19)13(11-17)9-12-6-7-14(20-2)10-15(12)21-3/h6-7,9-10H,4-5,8H2,1-3H3,(H,18,19)/b13-9-. The van der Waals surface area contributed by atoms with E-state index in [1.54, 1.807) is 25.3 Å². The van der Waals surface area contributed by atoms with Crippen molar-refractivity contribution in [2.24, 2.45) is 0 Å². The van der Waals surface area contributed by atoms with Gasteiger partial charge in [0.1, 0.15) is 23.1 Å². The molecule has 0 bridgehead atoms. The van der Waals surface area contributed by atoms with Gasteiger partial charge in [0.2, 0.25) is 0 Å². The minimum absolute atomic E-state index is 0.0505. The highest BCUT2D eigenvalue weighted by Gasteiger charge is 2.10. The first kappa shape index (κ1) is 16.6. The highest BCUT2D eigenvalue weighted by Crippen LogP contribution is 2.26. The summed E-state index contributed by atoms with van der Waals surface area (Å²) in [4.78, 5) is 11.9. The second-order valence-corrected chi connectivity index (χ2v) is 4.39. The Labute approximate surface area is 125 Å². The van der Waals surface area contributed by atoms with E-state index in [2.05, 4.69) is 5.32 Å². The van der Waals surface area contributed by atoms with Crippen molar-refractivity contribution in [3.63, 3.8) is 0 Å². The summed E-state index contributed by atoms with van der Waals surface area (Å²) >= 11 is 0. The zero-order chi connectivity index (χ0) is 15.7. The fourth-order valence-corrected chi connectivity index (χ4v) is 1.72. The fraction of sp³-hybridized carbons (Fsp3) is 0.375. The number of benzene rings is 1. The number of nitriles is 1. The van der Waals surface area contributed by atoms with Crippen LogP contribution in [0, 0.1) is 11.3 Å². The number of hydrogen-bond acceptors (Lipinski definition) is 4. The van der Waals surface area contributed by atoms with Crippen molar-refractivity contribution >= 4 is 12.0 Å². The quantitative estimate of drug-likeness (QED) is 0.475. The molecule has 0 fully saturated rings. The summed E-state index contributed by atoms with van der Waals surface area (Å²) in [5, 5.41) is 11.9. The van der Waals surface area contributed by atoms with Crippen molar-refractivity contribution in [3.05, 3.63) is 29.3 Å². The second-order valence-electron chi connectivity index (χ2n) is 4.39. The van der Waals surface area contributed by atoms with Crippen molar-refractivity contribution in [2.75, 3.05) is 20.8 Å². The molecule has 0 saturated carbocycles. The van der Waals surface area contributed by atoms with Gasteiger partial charge >= 0.3 is 0 Å². The Morgan fingerprint density at radius 1 is 1.38 bits per heavy atom. The van der Waals surface area contributed by atoms with Gasteiger partial charge in [-0.05, 0) is 24.6 Å². The molecule has 0 radical (unpaired) electrons. The summed E-state index contributed by atoms with van der Waals surface area (Å²) < 4.78 is 10.4. The number of ether oxygens (including phenoxy) is 2. The molecular weight excluding hydrogens is 268 g/mol. The first-order valence-corrected chi connectivity index (χ1v) is 6.78. The Balaban J connectivity index is 2.97. The van der Waals surface area contributed by atoms with Gasteiger partial charge in [0.25, 0.3) is 5.91 Å². The molecule has 112 valence electrons. The lowest BCUT2D eigenvalue weighted by atomic mass is 10.1. The predicted molar refractivity (Wildman–Crippen MR) is 81.1 cm³/mol. The molecule has 0 aliphatic carbocycles. The van der Waals surface area contributed by atoms with Crippen molar-refractivity contribution in [2.45, 2.75) is 19.8 Å². The van der Waals surface area contributed by atoms with Crippen LogP contribution in [-0.2, 0) is 4.79 Å². The third-order valence-corrected chi connectivity index (χ3v) is 2.92. The summed E-state index contributed by atoms with van der Waals surface area (Å²) in [6.07, 6.45) is 3.38. The highest BCUT2D eigenvalue weighted by molar-refractivity contribution is 6.01. The number of hydrogen-bond donors (Lipinski definition) is 1. The Morgan fingerprint density at radius 2 is 2.14 bits per heavy atom. The molecule has 1 amide bonds. The first-order chi connectivity index (χ1) is 10.2. The van der Waals surface area contributed by atoms with Crippen LogP contribution in [0.2, 0.25) is 0 Å². The molecule has 0 saturated heterocycles. The molecule has 21 heavy (non-hydrogen) atoms. The van der Waals surface area contributed by atoms with Crippen LogP contribution in [-0.4, -0.2) is 26.7 Å². The summed E-state index contributed by atoms with van der Waals surface area (Å²) in [5.74, 6) is 0.821. The van der Waals surface area contributed by atoms with Crippen LogP contribution >= 0.6 is 0 Å². The molecule has 1 rings (SSSR count). The maximum Gasteiger partial charge on any atom is 0.261 e. The molecule has 0 unspecified atom stereocenters. The summed E-state index contributed by atoms with van der Waals surface area (Å²) in [7, 11) is 3.09. The first-order valence-electron chi connectivity index (χ1n) is 6.78. The van der Waals surface area contributed by atoms with Gasteiger partial charge in [0, 0.05) is 18.2 Å². The molecular formula is C16H20N2O3.